The van der Waals surface area contributed by atoms with Gasteiger partial charge in [-0.25, -0.2) is 0 Å². The van der Waals surface area contributed by atoms with Crippen molar-refractivity contribution in [3.05, 3.63) is 57.8 Å². The number of benzene rings is 1. The molecule has 1 heterocycles. The van der Waals surface area contributed by atoms with Crippen LogP contribution in [0.4, 0.5) is 0 Å². The third-order valence-electron chi connectivity index (χ3n) is 3.87. The van der Waals surface area contributed by atoms with Crippen molar-refractivity contribution in [1.29, 1.82) is 0 Å². The first-order valence-corrected chi connectivity index (χ1v) is 8.27. The first-order valence-electron chi connectivity index (χ1n) is 7.39. The van der Waals surface area contributed by atoms with Crippen LogP contribution in [0.3, 0.4) is 0 Å². The van der Waals surface area contributed by atoms with Gasteiger partial charge in [-0.2, -0.15) is 0 Å². The van der Waals surface area contributed by atoms with Gasteiger partial charge in [0.05, 0.1) is 19.3 Å². The van der Waals surface area contributed by atoms with Gasteiger partial charge >= 0.3 is 0 Å². The molecule has 2 atom stereocenters. The highest BCUT2D eigenvalue weighted by Gasteiger charge is 2.24. The second-order valence-electron chi connectivity index (χ2n) is 5.51. The third kappa shape index (κ3) is 3.92. The Hall–Kier alpha value is -1.20. The van der Waals surface area contributed by atoms with E-state index < -0.39 is 6.10 Å². The Bertz CT molecular complexity index is 556. The highest BCUT2D eigenvalue weighted by Crippen LogP contribution is 2.33. The molecule has 21 heavy (non-hydrogen) atoms. The van der Waals surface area contributed by atoms with Gasteiger partial charge in [-0.3, -0.25) is 0 Å². The molecule has 0 radical (unpaired) electrons. The smallest absolute Gasteiger partial charge is 0.0897 e. The van der Waals surface area contributed by atoms with Crippen LogP contribution in [0.15, 0.2) is 41.8 Å². The minimum absolute atomic E-state index is 0.381. The van der Waals surface area contributed by atoms with Crippen LogP contribution in [-0.4, -0.2) is 30.9 Å². The highest BCUT2D eigenvalue weighted by molar-refractivity contribution is 7.09. The average molecular weight is 303 g/mol. The molecule has 3 nitrogen and oxygen atoms in total. The van der Waals surface area contributed by atoms with E-state index in [4.69, 9.17) is 4.74 Å². The van der Waals surface area contributed by atoms with Crippen LogP contribution in [0.25, 0.3) is 0 Å². The van der Waals surface area contributed by atoms with Gasteiger partial charge in [0.2, 0.25) is 0 Å². The van der Waals surface area contributed by atoms with Gasteiger partial charge in [0.1, 0.15) is 0 Å². The zero-order valence-electron chi connectivity index (χ0n) is 12.0. The van der Waals surface area contributed by atoms with E-state index in [1.54, 1.807) is 11.3 Å². The van der Waals surface area contributed by atoms with E-state index >= 15 is 0 Å². The van der Waals surface area contributed by atoms with Crippen LogP contribution in [0.2, 0.25) is 0 Å². The highest BCUT2D eigenvalue weighted by atomic mass is 32.1. The zero-order valence-corrected chi connectivity index (χ0v) is 12.8. The van der Waals surface area contributed by atoms with Crippen LogP contribution in [0.5, 0.6) is 0 Å². The predicted molar refractivity (Wildman–Crippen MR) is 85.7 cm³/mol. The maximum Gasteiger partial charge on any atom is 0.0897 e. The van der Waals surface area contributed by atoms with Crippen LogP contribution >= 0.6 is 11.3 Å². The van der Waals surface area contributed by atoms with Gasteiger partial charge in [0, 0.05) is 23.9 Å². The monoisotopic (exact) mass is 303 g/mol. The van der Waals surface area contributed by atoms with Gasteiger partial charge in [-0.05, 0) is 29.0 Å². The Balaban J connectivity index is 1.29. The Morgan fingerprint density at radius 2 is 2.19 bits per heavy atom. The molecule has 1 aromatic carbocycles. The number of nitrogens with one attached hydrogen (secondary N) is 1. The lowest BCUT2D eigenvalue weighted by molar-refractivity contribution is 0.0297. The molecule has 2 aromatic rings. The van der Waals surface area contributed by atoms with Gasteiger partial charge in [-0.15, -0.1) is 11.3 Å². The summed E-state index contributed by atoms with van der Waals surface area (Å²) in [6.07, 6.45) is 0.703. The molecule has 3 rings (SSSR count). The number of aliphatic hydroxyl groups is 1. The van der Waals surface area contributed by atoms with Crippen molar-refractivity contribution in [2.45, 2.75) is 25.0 Å². The summed E-state index contributed by atoms with van der Waals surface area (Å²) in [7, 11) is 0. The Labute approximate surface area is 129 Å². The van der Waals surface area contributed by atoms with Crippen molar-refractivity contribution in [3.63, 3.8) is 0 Å². The molecule has 0 aliphatic heterocycles. The summed E-state index contributed by atoms with van der Waals surface area (Å²) in [6.45, 7) is 2.49. The van der Waals surface area contributed by atoms with Crippen molar-refractivity contribution in [1.82, 2.24) is 5.32 Å². The van der Waals surface area contributed by atoms with Crippen LogP contribution in [0.1, 0.15) is 21.9 Å². The third-order valence-corrected chi connectivity index (χ3v) is 4.72. The van der Waals surface area contributed by atoms with E-state index in [1.165, 1.54) is 16.0 Å². The zero-order chi connectivity index (χ0) is 14.5. The molecular formula is C17H21NO2S. The lowest BCUT2D eigenvalue weighted by Gasteiger charge is -2.30. The molecule has 1 aromatic heterocycles. The average Bonchev–Trinajstić information content (AvgIpc) is 2.97. The fourth-order valence-electron chi connectivity index (χ4n) is 2.72. The van der Waals surface area contributed by atoms with Crippen molar-refractivity contribution < 1.29 is 9.84 Å². The number of rotatable bonds is 8. The largest absolute Gasteiger partial charge is 0.389 e. The maximum atomic E-state index is 9.89. The molecule has 0 fully saturated rings. The molecule has 0 spiro atoms. The van der Waals surface area contributed by atoms with E-state index in [-0.39, 0.29) is 0 Å². The molecule has 1 aliphatic carbocycles. The lowest BCUT2D eigenvalue weighted by atomic mass is 9.77. The molecule has 2 N–H and O–H groups in total. The van der Waals surface area contributed by atoms with Gasteiger partial charge in [0.15, 0.2) is 0 Å². The molecule has 0 bridgehead atoms. The molecular weight excluding hydrogens is 282 g/mol. The van der Waals surface area contributed by atoms with Crippen molar-refractivity contribution in [2.24, 2.45) is 0 Å². The predicted octanol–water partition coefficient (Wildman–Crippen LogP) is 2.56. The van der Waals surface area contributed by atoms with Gasteiger partial charge < -0.3 is 15.2 Å². The van der Waals surface area contributed by atoms with Crippen LogP contribution in [0, 0.1) is 0 Å². The fraction of sp³-hybridized carbons (Fsp3) is 0.412. The molecule has 112 valence electrons. The number of ether oxygens (including phenoxy) is 1. The minimum atomic E-state index is -0.444. The summed E-state index contributed by atoms with van der Waals surface area (Å²) in [5, 5.41) is 15.3. The number of aliphatic hydroxyl groups excluding tert-OH is 1. The quantitative estimate of drug-likeness (QED) is 0.787. The summed E-state index contributed by atoms with van der Waals surface area (Å²) in [5.41, 5.74) is 2.91. The molecule has 0 saturated carbocycles. The Kier molecular flexibility index (Phi) is 5.04. The first-order chi connectivity index (χ1) is 10.3. The van der Waals surface area contributed by atoms with Crippen LogP contribution in [-0.2, 0) is 17.8 Å². The second kappa shape index (κ2) is 7.18. The summed E-state index contributed by atoms with van der Waals surface area (Å²) in [5.74, 6) is 0.598. The van der Waals surface area contributed by atoms with Gasteiger partial charge in [0.25, 0.3) is 0 Å². The lowest BCUT2D eigenvalue weighted by Crippen LogP contribution is -2.35. The normalized spacial score (nSPS) is 18.0. The van der Waals surface area contributed by atoms with E-state index in [2.05, 4.69) is 29.6 Å². The molecule has 4 heteroatoms. The summed E-state index contributed by atoms with van der Waals surface area (Å²) >= 11 is 1.68. The van der Waals surface area contributed by atoms with Crippen molar-refractivity contribution >= 4 is 11.3 Å². The molecule has 0 saturated heterocycles. The van der Waals surface area contributed by atoms with Crippen molar-refractivity contribution in [3.8, 4) is 0 Å². The van der Waals surface area contributed by atoms with E-state index in [0.29, 0.717) is 25.7 Å². The van der Waals surface area contributed by atoms with E-state index in [1.807, 2.05) is 17.5 Å². The Morgan fingerprint density at radius 3 is 3.00 bits per heavy atom. The fourth-order valence-corrected chi connectivity index (χ4v) is 3.36. The maximum absolute atomic E-state index is 9.89. The minimum Gasteiger partial charge on any atom is -0.389 e. The van der Waals surface area contributed by atoms with E-state index in [9.17, 15) is 5.11 Å². The van der Waals surface area contributed by atoms with E-state index in [0.717, 1.165) is 13.0 Å². The molecule has 2 unspecified atom stereocenters. The van der Waals surface area contributed by atoms with Crippen molar-refractivity contribution in [2.75, 3.05) is 19.7 Å². The second-order valence-corrected chi connectivity index (χ2v) is 6.54. The topological polar surface area (TPSA) is 41.5 Å². The summed E-state index contributed by atoms with van der Waals surface area (Å²) < 4.78 is 5.51. The first kappa shape index (κ1) is 14.7. The standard InChI is InChI=1S/C17H21NO2S/c19-15(11-20-12-16-5-3-7-21-16)10-18-9-14-8-13-4-1-2-6-17(13)14/h1-7,14-15,18-19H,8-12H2. The summed E-state index contributed by atoms with van der Waals surface area (Å²) in [4.78, 5) is 1.20. The number of fused-ring (bicyclic) bond motifs is 1. The SMILES string of the molecule is OC(CNCC1Cc2ccccc21)COCc1cccs1. The number of hydrogen-bond acceptors (Lipinski definition) is 4. The Morgan fingerprint density at radius 1 is 1.29 bits per heavy atom. The van der Waals surface area contributed by atoms with Gasteiger partial charge in [-0.1, -0.05) is 30.3 Å². The molecule has 0 amide bonds. The van der Waals surface area contributed by atoms with Crippen LogP contribution < -0.4 is 5.32 Å². The number of thiophene rings is 1. The molecule has 1 aliphatic rings. The number of hydrogen-bond donors (Lipinski definition) is 2. The summed E-state index contributed by atoms with van der Waals surface area (Å²) in [6, 6.07) is 12.6.